The van der Waals surface area contributed by atoms with Crippen molar-refractivity contribution in [3.05, 3.63) is 11.1 Å². The molecule has 0 aliphatic carbocycles. The third kappa shape index (κ3) is 2.56. The van der Waals surface area contributed by atoms with Crippen molar-refractivity contribution in [2.75, 3.05) is 0 Å². The highest BCUT2D eigenvalue weighted by atomic mass is 19.4. The fourth-order valence-electron chi connectivity index (χ4n) is 0.723. The summed E-state index contributed by atoms with van der Waals surface area (Å²) >= 11 is 0. The average molecular weight is 182 g/mol. The molecule has 5 heteroatoms. The smallest absolute Gasteiger partial charge is 0.423 e. The van der Waals surface area contributed by atoms with E-state index in [2.05, 4.69) is 0 Å². The molecule has 0 atom stereocenters. The van der Waals surface area contributed by atoms with Crippen LogP contribution >= 0.6 is 0 Å². The van der Waals surface area contributed by atoms with Gasteiger partial charge in [0.05, 0.1) is 0 Å². The third-order valence-electron chi connectivity index (χ3n) is 1.45. The van der Waals surface area contributed by atoms with E-state index in [0.29, 0.717) is 0 Å². The van der Waals surface area contributed by atoms with Crippen LogP contribution in [0.4, 0.5) is 13.2 Å². The normalized spacial score (nSPS) is 14.1. The van der Waals surface area contributed by atoms with Crippen molar-refractivity contribution >= 4 is 5.97 Å². The first-order chi connectivity index (χ1) is 5.30. The highest BCUT2D eigenvalue weighted by Gasteiger charge is 2.39. The number of carboxylic acid groups (broad SMARTS) is 1. The molecular weight excluding hydrogens is 173 g/mol. The summed E-state index contributed by atoms with van der Waals surface area (Å²) in [5.74, 6) is -1.91. The van der Waals surface area contributed by atoms with E-state index in [9.17, 15) is 18.0 Å². The largest absolute Gasteiger partial charge is 0.478 e. The van der Waals surface area contributed by atoms with Crippen LogP contribution in [-0.2, 0) is 4.79 Å². The SMILES string of the molecule is CCC(C)=C(C(=O)O)C(F)(F)F. The molecule has 0 radical (unpaired) electrons. The van der Waals surface area contributed by atoms with Crippen molar-refractivity contribution in [1.29, 1.82) is 0 Å². The number of rotatable bonds is 2. The van der Waals surface area contributed by atoms with E-state index in [-0.39, 0.29) is 12.0 Å². The minimum absolute atomic E-state index is 0.0845. The predicted molar refractivity (Wildman–Crippen MR) is 36.7 cm³/mol. The molecule has 0 saturated heterocycles. The summed E-state index contributed by atoms with van der Waals surface area (Å²) in [5.41, 5.74) is -1.61. The summed E-state index contributed by atoms with van der Waals surface area (Å²) < 4.78 is 35.9. The summed E-state index contributed by atoms with van der Waals surface area (Å²) in [4.78, 5) is 10.2. The Morgan fingerprint density at radius 3 is 1.92 bits per heavy atom. The molecule has 0 aromatic carbocycles. The Hall–Kier alpha value is -1.00. The number of aliphatic carboxylic acids is 1. The number of allylic oxidation sites excluding steroid dienone is 1. The maximum Gasteiger partial charge on any atom is 0.423 e. The predicted octanol–water partition coefficient (Wildman–Crippen LogP) is 2.36. The zero-order valence-electron chi connectivity index (χ0n) is 6.70. The lowest BCUT2D eigenvalue weighted by molar-refractivity contribution is -0.145. The minimum Gasteiger partial charge on any atom is -0.478 e. The van der Waals surface area contributed by atoms with E-state index in [1.807, 2.05) is 0 Å². The van der Waals surface area contributed by atoms with E-state index in [0.717, 1.165) is 6.92 Å². The zero-order valence-corrected chi connectivity index (χ0v) is 6.70. The lowest BCUT2D eigenvalue weighted by Gasteiger charge is -2.09. The Morgan fingerprint density at radius 2 is 1.83 bits per heavy atom. The number of hydrogen-bond donors (Lipinski definition) is 1. The van der Waals surface area contributed by atoms with Gasteiger partial charge in [-0.05, 0) is 13.3 Å². The number of carboxylic acids is 1. The first kappa shape index (κ1) is 11.0. The molecule has 70 valence electrons. The first-order valence-corrected chi connectivity index (χ1v) is 3.31. The second kappa shape index (κ2) is 3.60. The Bertz CT molecular complexity index is 215. The van der Waals surface area contributed by atoms with E-state index in [1.165, 1.54) is 6.92 Å². The number of hydrogen-bond acceptors (Lipinski definition) is 1. The monoisotopic (exact) mass is 182 g/mol. The molecule has 0 fully saturated rings. The molecule has 0 aromatic heterocycles. The minimum atomic E-state index is -4.76. The van der Waals surface area contributed by atoms with Gasteiger partial charge >= 0.3 is 12.1 Å². The molecule has 2 nitrogen and oxygen atoms in total. The van der Waals surface area contributed by atoms with Crippen LogP contribution in [0.3, 0.4) is 0 Å². The van der Waals surface area contributed by atoms with E-state index in [4.69, 9.17) is 5.11 Å². The second-order valence-corrected chi connectivity index (χ2v) is 2.31. The van der Waals surface area contributed by atoms with E-state index < -0.39 is 17.7 Å². The maximum atomic E-state index is 12.0. The number of carbonyl (C=O) groups is 1. The molecule has 12 heavy (non-hydrogen) atoms. The summed E-state index contributed by atoms with van der Waals surface area (Å²) in [5, 5.41) is 8.23. The molecule has 0 bridgehead atoms. The average Bonchev–Trinajstić information content (AvgIpc) is 1.83. The highest BCUT2D eigenvalue weighted by molar-refractivity contribution is 5.88. The lowest BCUT2D eigenvalue weighted by Crippen LogP contribution is -2.21. The highest BCUT2D eigenvalue weighted by Crippen LogP contribution is 2.29. The van der Waals surface area contributed by atoms with Crippen LogP contribution in [0.2, 0.25) is 0 Å². The summed E-state index contributed by atoms with van der Waals surface area (Å²) in [6.07, 6.45) is -4.67. The second-order valence-electron chi connectivity index (χ2n) is 2.31. The van der Waals surface area contributed by atoms with Gasteiger partial charge in [0.25, 0.3) is 0 Å². The van der Waals surface area contributed by atoms with Crippen molar-refractivity contribution in [1.82, 2.24) is 0 Å². The van der Waals surface area contributed by atoms with Gasteiger partial charge in [-0.2, -0.15) is 13.2 Å². The van der Waals surface area contributed by atoms with Gasteiger partial charge in [-0.3, -0.25) is 0 Å². The molecular formula is C7H9F3O2. The Kier molecular flexibility index (Phi) is 3.30. The van der Waals surface area contributed by atoms with Crippen LogP contribution in [0.25, 0.3) is 0 Å². The standard InChI is InChI=1S/C7H9F3O2/c1-3-4(2)5(6(11)12)7(8,9)10/h3H2,1-2H3,(H,11,12). The van der Waals surface area contributed by atoms with Gasteiger partial charge in [-0.15, -0.1) is 0 Å². The topological polar surface area (TPSA) is 37.3 Å². The Morgan fingerprint density at radius 1 is 1.42 bits per heavy atom. The number of halogens is 3. The first-order valence-electron chi connectivity index (χ1n) is 3.31. The van der Waals surface area contributed by atoms with Crippen molar-refractivity contribution in [3.8, 4) is 0 Å². The molecule has 0 unspecified atom stereocenters. The van der Waals surface area contributed by atoms with Crippen molar-refractivity contribution in [3.63, 3.8) is 0 Å². The fraction of sp³-hybridized carbons (Fsp3) is 0.571. The lowest BCUT2D eigenvalue weighted by atomic mass is 10.1. The molecule has 1 N–H and O–H groups in total. The van der Waals surface area contributed by atoms with Crippen molar-refractivity contribution in [2.45, 2.75) is 26.4 Å². The molecule has 0 saturated carbocycles. The van der Waals surface area contributed by atoms with Crippen LogP contribution in [-0.4, -0.2) is 17.3 Å². The molecule has 0 rings (SSSR count). The van der Waals surface area contributed by atoms with Crippen LogP contribution in [0, 0.1) is 0 Å². The molecule has 0 aliphatic heterocycles. The quantitative estimate of drug-likeness (QED) is 0.665. The van der Waals surface area contributed by atoms with Gasteiger partial charge in [-0.25, -0.2) is 4.79 Å². The fourth-order valence-corrected chi connectivity index (χ4v) is 0.723. The summed E-state index contributed by atoms with van der Waals surface area (Å²) in [6, 6.07) is 0. The molecule has 0 amide bonds. The van der Waals surface area contributed by atoms with E-state index >= 15 is 0 Å². The Balaban J connectivity index is 5.07. The van der Waals surface area contributed by atoms with E-state index in [1.54, 1.807) is 0 Å². The molecule has 0 heterocycles. The summed E-state index contributed by atoms with van der Waals surface area (Å²) in [7, 11) is 0. The third-order valence-corrected chi connectivity index (χ3v) is 1.45. The summed E-state index contributed by atoms with van der Waals surface area (Å²) in [6.45, 7) is 2.64. The van der Waals surface area contributed by atoms with Crippen LogP contribution in [0.5, 0.6) is 0 Å². The van der Waals surface area contributed by atoms with Gasteiger partial charge in [-0.1, -0.05) is 12.5 Å². The van der Waals surface area contributed by atoms with Gasteiger partial charge < -0.3 is 5.11 Å². The zero-order chi connectivity index (χ0) is 9.94. The van der Waals surface area contributed by atoms with Crippen molar-refractivity contribution in [2.24, 2.45) is 0 Å². The van der Waals surface area contributed by atoms with Crippen LogP contribution in [0.1, 0.15) is 20.3 Å². The molecule has 0 spiro atoms. The van der Waals surface area contributed by atoms with Gasteiger partial charge in [0, 0.05) is 0 Å². The molecule has 0 aromatic rings. The number of alkyl halides is 3. The van der Waals surface area contributed by atoms with Gasteiger partial charge in [0.15, 0.2) is 0 Å². The van der Waals surface area contributed by atoms with Gasteiger partial charge in [0.2, 0.25) is 0 Å². The van der Waals surface area contributed by atoms with Crippen LogP contribution in [0.15, 0.2) is 11.1 Å². The molecule has 0 aliphatic rings. The van der Waals surface area contributed by atoms with Crippen molar-refractivity contribution < 1.29 is 23.1 Å². The maximum absolute atomic E-state index is 12.0. The Labute approximate surface area is 67.7 Å². The van der Waals surface area contributed by atoms with Crippen LogP contribution < -0.4 is 0 Å². The van der Waals surface area contributed by atoms with Gasteiger partial charge in [0.1, 0.15) is 5.57 Å².